The molecule has 9 nitrogen and oxygen atoms in total. The normalized spacial score (nSPS) is 23.8. The minimum atomic E-state index is -2.23. The number of amides is 1. The molecule has 1 N–H and O–H groups in total. The van der Waals surface area contributed by atoms with Gasteiger partial charge in [0.2, 0.25) is 11.9 Å². The topological polar surface area (TPSA) is 110 Å². The fraction of sp³-hybridized carbons (Fsp3) is 0.630. The number of rotatable bonds is 5. The van der Waals surface area contributed by atoms with Crippen LogP contribution in [0.25, 0.3) is 0 Å². The Hall–Kier alpha value is -2.59. The molecule has 5 heterocycles. The number of carbonyl (C=O) groups excluding carboxylic acids is 1. The number of aromatic nitrogens is 3. The lowest BCUT2D eigenvalue weighted by Gasteiger charge is -2.40. The second-order valence-electron chi connectivity index (χ2n) is 10.4. The Kier molecular flexibility index (Phi) is 8.18. The Balaban J connectivity index is 0.00000130. The van der Waals surface area contributed by atoms with Gasteiger partial charge in [-0.1, -0.05) is 33.8 Å². The van der Waals surface area contributed by atoms with E-state index in [-0.39, 0.29) is 36.8 Å². The molecule has 3 aliphatic rings. The number of fused-ring (bicyclic) bond motifs is 3. The van der Waals surface area contributed by atoms with Gasteiger partial charge < -0.3 is 9.64 Å². The van der Waals surface area contributed by atoms with Gasteiger partial charge in [-0.2, -0.15) is 9.35 Å². The lowest BCUT2D eigenvalue weighted by Crippen LogP contribution is -2.45. The smallest absolute Gasteiger partial charge is 0.231 e. The Morgan fingerprint density at radius 3 is 2.73 bits per heavy atom. The standard InChI is InChI=1S/C25H34N6O3S.C2H6.H2/c1-5-16(2)23(32)29-24-26-14-17-18-15-34-25(3,4)13-19(18)31(22(17)28-24)21-10-8-9-20(27-21)30-35(33)11-6-7-12-35;1-2;/h8-10,14,16,18-19H,5-7,11-13,15H2,1-4H3,(H,26,28,29,32);1-2H3;1H/t16?,18?,19-;;/m1../s1. The summed E-state index contributed by atoms with van der Waals surface area (Å²) >= 11 is 0. The van der Waals surface area contributed by atoms with E-state index >= 15 is 0 Å². The summed E-state index contributed by atoms with van der Waals surface area (Å²) in [6.45, 7) is 12.6. The van der Waals surface area contributed by atoms with Gasteiger partial charge in [0.1, 0.15) is 11.6 Å². The Bertz CT molecular complexity index is 1250. The van der Waals surface area contributed by atoms with E-state index in [4.69, 9.17) is 14.7 Å². The molecule has 3 aliphatic heterocycles. The van der Waals surface area contributed by atoms with Gasteiger partial charge in [0.15, 0.2) is 5.82 Å². The minimum absolute atomic E-state index is 0. The summed E-state index contributed by atoms with van der Waals surface area (Å²) in [6, 6.07) is 5.73. The second kappa shape index (κ2) is 11.0. The van der Waals surface area contributed by atoms with Crippen LogP contribution in [0.15, 0.2) is 28.8 Å². The average Bonchev–Trinajstić information content (AvgIpc) is 3.44. The maximum absolute atomic E-state index is 13.0. The first-order valence-electron chi connectivity index (χ1n) is 13.5. The van der Waals surface area contributed by atoms with Crippen LogP contribution in [0.1, 0.15) is 80.1 Å². The summed E-state index contributed by atoms with van der Waals surface area (Å²) < 4.78 is 23.8. The number of hydrogen-bond acceptors (Lipinski definition) is 8. The van der Waals surface area contributed by atoms with Crippen molar-refractivity contribution >= 4 is 39.0 Å². The van der Waals surface area contributed by atoms with Crippen LogP contribution in [-0.2, 0) is 19.3 Å². The van der Waals surface area contributed by atoms with Crippen LogP contribution in [0.5, 0.6) is 0 Å². The van der Waals surface area contributed by atoms with Crippen molar-refractivity contribution < 1.29 is 15.2 Å². The van der Waals surface area contributed by atoms with E-state index in [0.29, 0.717) is 29.7 Å². The lowest BCUT2D eigenvalue weighted by atomic mass is 9.85. The van der Waals surface area contributed by atoms with E-state index in [1.807, 2.05) is 45.9 Å². The molecule has 0 spiro atoms. The monoisotopic (exact) mass is 530 g/mol. The predicted molar refractivity (Wildman–Crippen MR) is 150 cm³/mol. The molecule has 37 heavy (non-hydrogen) atoms. The van der Waals surface area contributed by atoms with E-state index < -0.39 is 9.73 Å². The average molecular weight is 531 g/mol. The zero-order valence-corrected chi connectivity index (χ0v) is 23.7. The molecule has 2 fully saturated rings. The van der Waals surface area contributed by atoms with Crippen LogP contribution >= 0.6 is 0 Å². The molecular formula is C27H42N6O3S. The van der Waals surface area contributed by atoms with Crippen molar-refractivity contribution in [2.75, 3.05) is 28.3 Å². The summed E-state index contributed by atoms with van der Waals surface area (Å²) in [4.78, 5) is 28.7. The number of pyridine rings is 1. The van der Waals surface area contributed by atoms with Crippen molar-refractivity contribution in [3.05, 3.63) is 30.0 Å². The van der Waals surface area contributed by atoms with E-state index in [2.05, 4.69) is 33.4 Å². The summed E-state index contributed by atoms with van der Waals surface area (Å²) in [6.07, 6.45) is 5.22. The molecule has 2 saturated heterocycles. The Morgan fingerprint density at radius 1 is 1.30 bits per heavy atom. The predicted octanol–water partition coefficient (Wildman–Crippen LogP) is 5.82. The summed E-state index contributed by atoms with van der Waals surface area (Å²) in [5, 5.41) is 2.86. The van der Waals surface area contributed by atoms with Crippen LogP contribution in [-0.4, -0.2) is 54.8 Å². The SMILES string of the molecule is CC.CCC(C)C(=O)Nc1ncc2c(n1)N(c1cccc(N=S3(=O)CCCC3)n1)[C@@H]1CC(C)(C)OCC21.[HH]. The van der Waals surface area contributed by atoms with Gasteiger partial charge in [-0.25, -0.2) is 14.2 Å². The van der Waals surface area contributed by atoms with Gasteiger partial charge in [0.25, 0.3) is 0 Å². The molecule has 0 aromatic carbocycles. The van der Waals surface area contributed by atoms with Crippen molar-refractivity contribution in [2.24, 2.45) is 10.3 Å². The van der Waals surface area contributed by atoms with E-state index in [1.165, 1.54) is 0 Å². The van der Waals surface area contributed by atoms with Crippen LogP contribution in [0, 0.1) is 5.92 Å². The number of carbonyl (C=O) groups is 1. The highest BCUT2D eigenvalue weighted by molar-refractivity contribution is 7.93. The third-order valence-corrected chi connectivity index (χ3v) is 9.64. The van der Waals surface area contributed by atoms with Crippen LogP contribution in [0.4, 0.5) is 23.4 Å². The zero-order chi connectivity index (χ0) is 26.8. The van der Waals surface area contributed by atoms with Gasteiger partial charge in [-0.15, -0.1) is 0 Å². The number of nitrogens with zero attached hydrogens (tertiary/aromatic N) is 5. The molecule has 204 valence electrons. The number of hydrogen-bond donors (Lipinski definition) is 1. The molecule has 2 aromatic rings. The number of anilines is 3. The van der Waals surface area contributed by atoms with E-state index in [0.717, 1.165) is 37.1 Å². The molecular weight excluding hydrogens is 488 g/mol. The van der Waals surface area contributed by atoms with E-state index in [9.17, 15) is 9.00 Å². The first kappa shape index (κ1) is 27.4. The van der Waals surface area contributed by atoms with Crippen LogP contribution in [0.3, 0.4) is 0 Å². The Morgan fingerprint density at radius 2 is 2.03 bits per heavy atom. The maximum atomic E-state index is 13.0. The molecule has 0 radical (unpaired) electrons. The van der Waals surface area contributed by atoms with Crippen molar-refractivity contribution in [1.29, 1.82) is 0 Å². The number of nitrogens with one attached hydrogen (secondary N) is 1. The van der Waals surface area contributed by atoms with Gasteiger partial charge in [0, 0.05) is 42.6 Å². The van der Waals surface area contributed by atoms with E-state index in [1.54, 1.807) is 6.20 Å². The second-order valence-corrected chi connectivity index (χ2v) is 13.0. The van der Waals surface area contributed by atoms with Crippen LogP contribution in [0.2, 0.25) is 0 Å². The fourth-order valence-corrected chi connectivity index (χ4v) is 7.21. The Labute approximate surface area is 222 Å². The van der Waals surface area contributed by atoms with Crippen molar-refractivity contribution in [1.82, 2.24) is 15.0 Å². The van der Waals surface area contributed by atoms with Gasteiger partial charge in [-0.05, 0) is 51.7 Å². The highest BCUT2D eigenvalue weighted by atomic mass is 32.2. The maximum Gasteiger partial charge on any atom is 0.231 e. The summed E-state index contributed by atoms with van der Waals surface area (Å²) in [7, 11) is -2.23. The largest absolute Gasteiger partial charge is 0.375 e. The van der Waals surface area contributed by atoms with Crippen molar-refractivity contribution in [2.45, 2.75) is 84.8 Å². The van der Waals surface area contributed by atoms with Gasteiger partial charge in [0.05, 0.1) is 21.9 Å². The molecule has 10 heteroatoms. The number of ether oxygens (including phenoxy) is 1. The summed E-state index contributed by atoms with van der Waals surface area (Å²) in [5.41, 5.74) is 0.690. The highest BCUT2D eigenvalue weighted by Gasteiger charge is 2.48. The molecule has 5 rings (SSSR count). The molecule has 3 atom stereocenters. The first-order chi connectivity index (χ1) is 17.7. The third-order valence-electron chi connectivity index (χ3n) is 7.27. The molecule has 2 unspecified atom stereocenters. The van der Waals surface area contributed by atoms with Gasteiger partial charge >= 0.3 is 0 Å². The lowest BCUT2D eigenvalue weighted by molar-refractivity contribution is -0.119. The molecule has 0 aliphatic carbocycles. The molecule has 0 saturated carbocycles. The van der Waals surface area contributed by atoms with Crippen LogP contribution < -0.4 is 10.2 Å². The summed E-state index contributed by atoms with van der Waals surface area (Å²) in [5.74, 6) is 3.34. The fourth-order valence-electron chi connectivity index (χ4n) is 5.07. The zero-order valence-electron chi connectivity index (χ0n) is 22.9. The van der Waals surface area contributed by atoms with Gasteiger partial charge in [-0.3, -0.25) is 10.1 Å². The molecule has 1 amide bonds. The molecule has 2 aromatic heterocycles. The quantitative estimate of drug-likeness (QED) is 0.518. The minimum Gasteiger partial charge on any atom is -0.375 e. The highest BCUT2D eigenvalue weighted by Crippen LogP contribution is 2.49. The third kappa shape index (κ3) is 5.80. The van der Waals surface area contributed by atoms with Crippen molar-refractivity contribution in [3.8, 4) is 0 Å². The van der Waals surface area contributed by atoms with Crippen molar-refractivity contribution in [3.63, 3.8) is 0 Å². The first-order valence-corrected chi connectivity index (χ1v) is 15.3. The molecule has 0 bridgehead atoms.